The summed E-state index contributed by atoms with van der Waals surface area (Å²) in [6.07, 6.45) is -5.33. The lowest BCUT2D eigenvalue weighted by molar-refractivity contribution is -0.193. The van der Waals surface area contributed by atoms with E-state index in [1.54, 1.807) is 18.6 Å². The number of anilines is 1. The maximum atomic E-state index is 14.0. The van der Waals surface area contributed by atoms with Crippen LogP contribution >= 0.6 is 0 Å². The number of nitrogens with zero attached hydrogens (tertiary/aromatic N) is 4. The normalized spacial score (nSPS) is 12.0. The van der Waals surface area contributed by atoms with E-state index in [2.05, 4.69) is 30.2 Å². The molecule has 0 saturated carbocycles. The van der Waals surface area contributed by atoms with Gasteiger partial charge in [-0.25, -0.2) is 28.9 Å². The van der Waals surface area contributed by atoms with Crippen LogP contribution in [0.15, 0.2) is 67.4 Å². The number of aliphatic carboxylic acids is 2. The molecule has 3 heterocycles. The van der Waals surface area contributed by atoms with Gasteiger partial charge in [0.1, 0.15) is 17.7 Å². The van der Waals surface area contributed by atoms with Gasteiger partial charge in [-0.3, -0.25) is 4.98 Å². The Morgan fingerprint density at radius 1 is 0.860 bits per heavy atom. The Kier molecular flexibility index (Phi) is 9.79. The smallest absolute Gasteiger partial charge is 0.475 e. The van der Waals surface area contributed by atoms with Gasteiger partial charge in [-0.2, -0.15) is 26.3 Å². The molecule has 1 atom stereocenters. The van der Waals surface area contributed by atoms with Crippen molar-refractivity contribution in [3.63, 3.8) is 0 Å². The van der Waals surface area contributed by atoms with Gasteiger partial charge < -0.3 is 20.5 Å². The SMILES string of the molecule is CC(Nc1ncnc2[nH]cnc12)c1ccc2cccnc2c1-c1cccc(F)c1.O=C(O)C(F)(F)F.O=C(O)C(F)(F)F. The molecule has 1 unspecified atom stereocenters. The predicted molar refractivity (Wildman–Crippen MR) is 138 cm³/mol. The Morgan fingerprint density at radius 2 is 1.51 bits per heavy atom. The van der Waals surface area contributed by atoms with Crippen molar-refractivity contribution in [1.29, 1.82) is 0 Å². The Labute approximate surface area is 236 Å². The first-order chi connectivity index (χ1) is 20.1. The first-order valence-corrected chi connectivity index (χ1v) is 11.7. The van der Waals surface area contributed by atoms with Gasteiger partial charge >= 0.3 is 24.3 Å². The third-order valence-corrected chi connectivity index (χ3v) is 5.44. The van der Waals surface area contributed by atoms with E-state index >= 15 is 0 Å². The average molecular weight is 612 g/mol. The molecule has 0 bridgehead atoms. The Bertz CT molecular complexity index is 1720. The molecule has 2 aromatic carbocycles. The Balaban J connectivity index is 0.000000303. The van der Waals surface area contributed by atoms with Crippen molar-refractivity contribution in [2.24, 2.45) is 0 Å². The quantitative estimate of drug-likeness (QED) is 0.175. The summed E-state index contributed by atoms with van der Waals surface area (Å²) >= 11 is 0. The summed E-state index contributed by atoms with van der Waals surface area (Å²) in [4.78, 5) is 38.2. The van der Waals surface area contributed by atoms with Crippen LogP contribution in [0.2, 0.25) is 0 Å². The number of benzene rings is 2. The fourth-order valence-electron chi connectivity index (χ4n) is 3.62. The molecule has 4 N–H and O–H groups in total. The summed E-state index contributed by atoms with van der Waals surface area (Å²) in [5.41, 5.74) is 4.84. The Morgan fingerprint density at radius 3 is 2.12 bits per heavy atom. The summed E-state index contributed by atoms with van der Waals surface area (Å²) in [5, 5.41) is 18.7. The number of imidazole rings is 1. The minimum absolute atomic E-state index is 0.130. The largest absolute Gasteiger partial charge is 0.490 e. The molecule has 0 aliphatic rings. The predicted octanol–water partition coefficient (Wildman–Crippen LogP) is 6.15. The molecule has 226 valence electrons. The van der Waals surface area contributed by atoms with E-state index in [0.717, 1.165) is 27.6 Å². The maximum absolute atomic E-state index is 14.0. The molecule has 43 heavy (non-hydrogen) atoms. The van der Waals surface area contributed by atoms with Crippen molar-refractivity contribution in [3.8, 4) is 11.1 Å². The number of nitrogens with one attached hydrogen (secondary N) is 2. The standard InChI is InChI=1S/C22H17FN6.2C2HF3O2/c1-13(29-22-20-21(26-11-25-20)27-12-28-22)17-8-7-14-5-3-9-24-19(14)18(17)15-4-2-6-16(23)10-15;2*3-2(4,5)1(6)7/h2-13H,1H3,(H2,25,26,27,28,29);2*(H,6,7). The van der Waals surface area contributed by atoms with Crippen LogP contribution < -0.4 is 5.32 Å². The summed E-state index contributed by atoms with van der Waals surface area (Å²) in [6, 6.07) is 14.4. The molecule has 0 aliphatic heterocycles. The topological polar surface area (TPSA) is 154 Å². The van der Waals surface area contributed by atoms with Crippen molar-refractivity contribution in [3.05, 3.63) is 78.8 Å². The van der Waals surface area contributed by atoms with E-state index < -0.39 is 24.3 Å². The lowest BCUT2D eigenvalue weighted by Crippen LogP contribution is -2.21. The number of pyridine rings is 1. The molecule has 0 saturated heterocycles. The second-order valence-corrected chi connectivity index (χ2v) is 8.41. The van der Waals surface area contributed by atoms with Crippen molar-refractivity contribution >= 4 is 39.8 Å². The molecule has 5 aromatic rings. The molecule has 0 radical (unpaired) electrons. The van der Waals surface area contributed by atoms with Crippen LogP contribution in [0.4, 0.5) is 36.6 Å². The highest BCUT2D eigenvalue weighted by Gasteiger charge is 2.38. The first-order valence-electron chi connectivity index (χ1n) is 11.7. The van der Waals surface area contributed by atoms with Crippen LogP contribution in [0.1, 0.15) is 18.5 Å². The number of H-pyrrole nitrogens is 1. The van der Waals surface area contributed by atoms with E-state index in [4.69, 9.17) is 19.8 Å². The number of fused-ring (bicyclic) bond motifs is 2. The zero-order valence-electron chi connectivity index (χ0n) is 21.6. The highest BCUT2D eigenvalue weighted by atomic mass is 19.4. The van der Waals surface area contributed by atoms with Crippen molar-refractivity contribution in [2.45, 2.75) is 25.3 Å². The fraction of sp³-hybridized carbons (Fsp3) is 0.154. The molecular weight excluding hydrogens is 593 g/mol. The van der Waals surface area contributed by atoms with Gasteiger partial charge in [0.2, 0.25) is 0 Å². The number of halogens is 7. The lowest BCUT2D eigenvalue weighted by Gasteiger charge is -2.20. The van der Waals surface area contributed by atoms with E-state index in [-0.39, 0.29) is 11.9 Å². The first kappa shape index (κ1) is 32.2. The van der Waals surface area contributed by atoms with Gasteiger partial charge in [-0.15, -0.1) is 0 Å². The number of hydrogen-bond acceptors (Lipinski definition) is 7. The molecule has 0 spiro atoms. The summed E-state index contributed by atoms with van der Waals surface area (Å²) in [6.45, 7) is 2.04. The number of rotatable bonds is 4. The second-order valence-electron chi connectivity index (χ2n) is 8.41. The zero-order chi connectivity index (χ0) is 31.9. The third-order valence-electron chi connectivity index (χ3n) is 5.44. The van der Waals surface area contributed by atoms with Crippen LogP contribution in [-0.2, 0) is 9.59 Å². The summed E-state index contributed by atoms with van der Waals surface area (Å²) < 4.78 is 77.5. The van der Waals surface area contributed by atoms with Gasteiger partial charge in [0.25, 0.3) is 0 Å². The van der Waals surface area contributed by atoms with Gasteiger partial charge in [-0.05, 0) is 36.2 Å². The second kappa shape index (κ2) is 13.1. The monoisotopic (exact) mass is 612 g/mol. The van der Waals surface area contributed by atoms with Gasteiger partial charge in [0.15, 0.2) is 11.5 Å². The van der Waals surface area contributed by atoms with Crippen LogP contribution in [0, 0.1) is 5.82 Å². The fourth-order valence-corrected chi connectivity index (χ4v) is 3.62. The maximum Gasteiger partial charge on any atom is 0.490 e. The molecule has 3 aromatic heterocycles. The molecule has 10 nitrogen and oxygen atoms in total. The molecular formula is C26H19F7N6O4. The number of carboxylic acid groups (broad SMARTS) is 2. The van der Waals surface area contributed by atoms with E-state index in [0.29, 0.717) is 17.0 Å². The molecule has 17 heteroatoms. The van der Waals surface area contributed by atoms with Crippen LogP contribution in [-0.4, -0.2) is 59.4 Å². The van der Waals surface area contributed by atoms with Gasteiger partial charge in [-0.1, -0.05) is 30.3 Å². The van der Waals surface area contributed by atoms with Crippen molar-refractivity contribution in [1.82, 2.24) is 24.9 Å². The number of alkyl halides is 6. The highest BCUT2D eigenvalue weighted by molar-refractivity contribution is 5.96. The Hall–Kier alpha value is -5.35. The van der Waals surface area contributed by atoms with Crippen LogP contribution in [0.5, 0.6) is 0 Å². The van der Waals surface area contributed by atoms with Crippen molar-refractivity contribution in [2.75, 3.05) is 5.32 Å². The minimum Gasteiger partial charge on any atom is -0.475 e. The average Bonchev–Trinajstić information content (AvgIpc) is 3.42. The van der Waals surface area contributed by atoms with E-state index in [1.165, 1.54) is 18.5 Å². The number of carbonyl (C=O) groups is 2. The number of aromatic amines is 1. The highest BCUT2D eigenvalue weighted by Crippen LogP contribution is 2.36. The number of carboxylic acids is 2. The number of aromatic nitrogens is 5. The van der Waals surface area contributed by atoms with E-state index in [1.807, 2.05) is 37.3 Å². The molecule has 5 rings (SSSR count). The third kappa shape index (κ3) is 8.34. The lowest BCUT2D eigenvalue weighted by atomic mass is 9.92. The molecule has 0 amide bonds. The molecule has 0 fully saturated rings. The van der Waals surface area contributed by atoms with Gasteiger partial charge in [0, 0.05) is 17.1 Å². The van der Waals surface area contributed by atoms with Crippen molar-refractivity contribution < 1.29 is 50.5 Å². The summed E-state index contributed by atoms with van der Waals surface area (Å²) in [5.74, 6) is -5.16. The van der Waals surface area contributed by atoms with Crippen LogP contribution in [0.3, 0.4) is 0 Å². The van der Waals surface area contributed by atoms with Gasteiger partial charge in [0.05, 0.1) is 17.9 Å². The number of hydrogen-bond donors (Lipinski definition) is 4. The van der Waals surface area contributed by atoms with Crippen LogP contribution in [0.25, 0.3) is 33.2 Å². The minimum atomic E-state index is -5.08. The zero-order valence-corrected chi connectivity index (χ0v) is 21.6. The molecule has 0 aliphatic carbocycles. The van der Waals surface area contributed by atoms with E-state index in [9.17, 15) is 30.7 Å². The summed E-state index contributed by atoms with van der Waals surface area (Å²) in [7, 11) is 0.